The Balaban J connectivity index is -0.00000128. The van der Waals surface area contributed by atoms with Crippen LogP contribution in [0.1, 0.15) is 9.78 Å². The highest BCUT2D eigenvalue weighted by Crippen LogP contribution is 1.90. The van der Waals surface area contributed by atoms with Gasteiger partial charge in [0.2, 0.25) is 0 Å². The van der Waals surface area contributed by atoms with Crippen molar-refractivity contribution in [1.29, 1.82) is 0 Å². The highest BCUT2D eigenvalue weighted by atomic mass is 16.5. The molecule has 0 aromatic carbocycles. The van der Waals surface area contributed by atoms with Gasteiger partial charge in [0.25, 0.3) is 0 Å². The maximum atomic E-state index is 11.1. The number of esters is 2. The lowest BCUT2D eigenvalue weighted by Gasteiger charge is -2.07. The molecule has 0 heterocycles. The van der Waals surface area contributed by atoms with Gasteiger partial charge in [-0.15, -0.1) is 0 Å². The molecule has 7 heteroatoms. The zero-order chi connectivity index (χ0) is 13.3. The number of amides is 2. The van der Waals surface area contributed by atoms with Gasteiger partial charge in [-0.25, -0.2) is 9.59 Å². The van der Waals surface area contributed by atoms with E-state index in [1.165, 1.54) is 14.0 Å². The van der Waals surface area contributed by atoms with Gasteiger partial charge in [-0.1, -0.05) is 6.58 Å². The van der Waals surface area contributed by atoms with Crippen molar-refractivity contribution in [2.75, 3.05) is 26.8 Å². The molecule has 0 aliphatic rings. The first-order valence-electron chi connectivity index (χ1n) is 4.88. The maximum absolute atomic E-state index is 11.1. The molecule has 0 aromatic heterocycles. The third kappa shape index (κ3) is 7.83. The number of carbonyl (C=O) groups excluding carboxylic acids is 3. The fourth-order valence-corrected chi connectivity index (χ4v) is 0.719. The summed E-state index contributed by atoms with van der Waals surface area (Å²) >= 11 is 0. The zero-order valence-electron chi connectivity index (χ0n) is 9.87. The van der Waals surface area contributed by atoms with Crippen LogP contribution < -0.4 is 10.6 Å². The van der Waals surface area contributed by atoms with Gasteiger partial charge in [-0.3, -0.25) is 4.79 Å². The minimum absolute atomic E-state index is 0. The zero-order valence-corrected chi connectivity index (χ0v) is 9.87. The van der Waals surface area contributed by atoms with Gasteiger partial charge in [0.1, 0.15) is 13.2 Å². The Labute approximate surface area is 102 Å². The molecule has 0 fully saturated rings. The first-order valence-corrected chi connectivity index (χ1v) is 4.88. The van der Waals surface area contributed by atoms with E-state index in [1.807, 2.05) is 0 Å². The van der Waals surface area contributed by atoms with E-state index in [2.05, 4.69) is 21.9 Å². The van der Waals surface area contributed by atoms with E-state index in [0.717, 1.165) is 0 Å². The van der Waals surface area contributed by atoms with Crippen molar-refractivity contribution >= 4 is 18.0 Å². The topological polar surface area (TPSA) is 93.7 Å². The normalized spacial score (nSPS) is 9.06. The molecule has 0 atom stereocenters. The molecule has 0 saturated carbocycles. The molecule has 0 aromatic rings. The molecule has 17 heavy (non-hydrogen) atoms. The van der Waals surface area contributed by atoms with Gasteiger partial charge in [0.15, 0.2) is 0 Å². The van der Waals surface area contributed by atoms with E-state index < -0.39 is 18.0 Å². The van der Waals surface area contributed by atoms with Gasteiger partial charge in [0, 0.05) is 8.43 Å². The minimum atomic E-state index is -0.547. The number of methoxy groups -OCH3 is 1. The van der Waals surface area contributed by atoms with Crippen LogP contribution in [0.5, 0.6) is 0 Å². The molecule has 0 aliphatic heterocycles. The molecular weight excluding hydrogens is 228 g/mol. The van der Waals surface area contributed by atoms with Crippen molar-refractivity contribution in [3.63, 3.8) is 0 Å². The standard InChI is InChI=1S/C10H16N2O5.2H2/c1-7(2)9(14)17-5-4-11-10(15)12-6-8(13)16-3;;/h1,4-6H2,2-3H3,(H2,11,12,15);2*1H. The van der Waals surface area contributed by atoms with Crippen LogP contribution in [-0.2, 0) is 19.1 Å². The summed E-state index contributed by atoms with van der Waals surface area (Å²) in [6, 6.07) is -0.540. The van der Waals surface area contributed by atoms with Crippen molar-refractivity contribution in [1.82, 2.24) is 10.6 Å². The smallest absolute Gasteiger partial charge is 0.333 e. The molecule has 2 N–H and O–H groups in total. The maximum Gasteiger partial charge on any atom is 0.333 e. The summed E-state index contributed by atoms with van der Waals surface area (Å²) in [6.45, 7) is 4.90. The predicted molar refractivity (Wildman–Crippen MR) is 63.4 cm³/mol. The van der Waals surface area contributed by atoms with Crippen LogP contribution in [0, 0.1) is 0 Å². The summed E-state index contributed by atoms with van der Waals surface area (Å²) in [5.41, 5.74) is 0.292. The number of hydrogen-bond donors (Lipinski definition) is 2. The Morgan fingerprint density at radius 2 is 1.94 bits per heavy atom. The lowest BCUT2D eigenvalue weighted by molar-refractivity contribution is -0.139. The first-order chi connectivity index (χ1) is 7.97. The number of urea groups is 1. The van der Waals surface area contributed by atoms with Crippen LogP contribution >= 0.6 is 0 Å². The molecule has 100 valence electrons. The summed E-state index contributed by atoms with van der Waals surface area (Å²) in [6.07, 6.45) is 0. The van der Waals surface area contributed by atoms with Crippen LogP contribution in [-0.4, -0.2) is 44.8 Å². The molecule has 0 saturated heterocycles. The van der Waals surface area contributed by atoms with Gasteiger partial charge < -0.3 is 20.1 Å². The Kier molecular flexibility index (Phi) is 7.16. The lowest BCUT2D eigenvalue weighted by Crippen LogP contribution is -2.40. The molecule has 0 unspecified atom stereocenters. The lowest BCUT2D eigenvalue weighted by atomic mass is 10.4. The SMILES string of the molecule is C=C(C)C(=O)OCCNC(=O)NCC(=O)OC.[HH].[HH]. The van der Waals surface area contributed by atoms with Crippen molar-refractivity contribution in [3.8, 4) is 0 Å². The Morgan fingerprint density at radius 3 is 2.47 bits per heavy atom. The van der Waals surface area contributed by atoms with Crippen molar-refractivity contribution < 1.29 is 26.7 Å². The summed E-state index contributed by atoms with van der Waals surface area (Å²) in [4.78, 5) is 32.7. The van der Waals surface area contributed by atoms with Crippen molar-refractivity contribution in [2.24, 2.45) is 0 Å². The largest absolute Gasteiger partial charge is 0.468 e. The Morgan fingerprint density at radius 1 is 1.29 bits per heavy atom. The average Bonchev–Trinajstić information content (AvgIpc) is 2.30. The second-order valence-corrected chi connectivity index (χ2v) is 3.10. The molecule has 0 bridgehead atoms. The monoisotopic (exact) mass is 248 g/mol. The Hall–Kier alpha value is -2.05. The highest BCUT2D eigenvalue weighted by Gasteiger charge is 2.05. The number of ether oxygens (including phenoxy) is 2. The molecular formula is C10H20N2O5. The van der Waals surface area contributed by atoms with Gasteiger partial charge in [0.05, 0.1) is 13.7 Å². The molecule has 2 amide bonds. The van der Waals surface area contributed by atoms with E-state index in [9.17, 15) is 14.4 Å². The number of rotatable bonds is 6. The van der Waals surface area contributed by atoms with E-state index >= 15 is 0 Å². The van der Waals surface area contributed by atoms with Crippen LogP contribution in [0.3, 0.4) is 0 Å². The van der Waals surface area contributed by atoms with Crippen LogP contribution in [0.2, 0.25) is 0 Å². The van der Waals surface area contributed by atoms with Crippen LogP contribution in [0.4, 0.5) is 4.79 Å². The minimum Gasteiger partial charge on any atom is -0.468 e. The van der Waals surface area contributed by atoms with E-state index in [0.29, 0.717) is 5.57 Å². The molecule has 0 rings (SSSR count). The van der Waals surface area contributed by atoms with E-state index in [-0.39, 0.29) is 22.5 Å². The molecule has 0 spiro atoms. The average molecular weight is 248 g/mol. The Bertz CT molecular complexity index is 323. The molecule has 0 aliphatic carbocycles. The number of hydrogen-bond acceptors (Lipinski definition) is 5. The summed E-state index contributed by atoms with van der Waals surface area (Å²) in [5, 5.41) is 4.65. The fourth-order valence-electron chi connectivity index (χ4n) is 0.719. The van der Waals surface area contributed by atoms with Crippen molar-refractivity contribution in [3.05, 3.63) is 12.2 Å². The summed E-state index contributed by atoms with van der Waals surface area (Å²) < 4.78 is 9.05. The summed E-state index contributed by atoms with van der Waals surface area (Å²) in [5.74, 6) is -1.06. The third-order valence-electron chi connectivity index (χ3n) is 1.59. The quantitative estimate of drug-likeness (QED) is 0.394. The second kappa shape index (κ2) is 8.14. The number of carbonyl (C=O) groups is 3. The molecule has 0 radical (unpaired) electrons. The van der Waals surface area contributed by atoms with Crippen LogP contribution in [0.15, 0.2) is 12.2 Å². The van der Waals surface area contributed by atoms with Crippen molar-refractivity contribution in [2.45, 2.75) is 6.92 Å². The number of nitrogens with one attached hydrogen (secondary N) is 2. The molecule has 7 nitrogen and oxygen atoms in total. The highest BCUT2D eigenvalue weighted by molar-refractivity contribution is 5.87. The third-order valence-corrected chi connectivity index (χ3v) is 1.59. The van der Waals surface area contributed by atoms with E-state index in [1.54, 1.807) is 0 Å². The van der Waals surface area contributed by atoms with Gasteiger partial charge >= 0.3 is 18.0 Å². The predicted octanol–water partition coefficient (Wildman–Crippen LogP) is 0.0699. The van der Waals surface area contributed by atoms with Crippen LogP contribution in [0.25, 0.3) is 0 Å². The van der Waals surface area contributed by atoms with E-state index in [4.69, 9.17) is 4.74 Å². The van der Waals surface area contributed by atoms with Gasteiger partial charge in [-0.2, -0.15) is 0 Å². The summed E-state index contributed by atoms with van der Waals surface area (Å²) in [7, 11) is 1.22. The first kappa shape index (κ1) is 14.9. The van der Waals surface area contributed by atoms with Gasteiger partial charge in [-0.05, 0) is 6.92 Å². The fraction of sp³-hybridized carbons (Fsp3) is 0.500. The second-order valence-electron chi connectivity index (χ2n) is 3.10.